The van der Waals surface area contributed by atoms with Crippen molar-refractivity contribution in [2.24, 2.45) is 0 Å². The highest BCUT2D eigenvalue weighted by Crippen LogP contribution is 2.38. The molecule has 0 bridgehead atoms. The lowest BCUT2D eigenvalue weighted by Gasteiger charge is -2.36. The fourth-order valence-electron chi connectivity index (χ4n) is 4.61. The number of allylic oxidation sites excluding steroid dienone is 1. The molecule has 3 heteroatoms. The van der Waals surface area contributed by atoms with Crippen molar-refractivity contribution in [3.63, 3.8) is 0 Å². The first-order valence-electron chi connectivity index (χ1n) is 12.6. The van der Waals surface area contributed by atoms with Crippen molar-refractivity contribution in [2.75, 3.05) is 0 Å². The maximum Gasteiger partial charge on any atom is 0.253 e. The SMILES string of the molecule is CCCCCCCCC[Si](CCCCCC)(Oc1ccc2c(c1)C=[C]C2F)C(C)C. The normalized spacial score (nSPS) is 17.3. The van der Waals surface area contributed by atoms with E-state index in [1.807, 2.05) is 18.2 Å². The van der Waals surface area contributed by atoms with E-state index >= 15 is 0 Å². The van der Waals surface area contributed by atoms with Crippen LogP contribution in [0.15, 0.2) is 18.2 Å². The Bertz CT molecular complexity index is 642. The van der Waals surface area contributed by atoms with Gasteiger partial charge in [0, 0.05) is 0 Å². The van der Waals surface area contributed by atoms with Crippen molar-refractivity contribution in [2.45, 2.75) is 122 Å². The first-order valence-corrected chi connectivity index (χ1v) is 15.0. The Morgan fingerprint density at radius 3 is 2.07 bits per heavy atom. The van der Waals surface area contributed by atoms with E-state index in [0.29, 0.717) is 5.54 Å². The number of halogens is 1. The number of alkyl halides is 1. The van der Waals surface area contributed by atoms with Crippen LogP contribution >= 0.6 is 0 Å². The molecule has 0 fully saturated rings. The molecule has 1 aromatic rings. The Labute approximate surface area is 186 Å². The quantitative estimate of drug-likeness (QED) is 0.187. The van der Waals surface area contributed by atoms with Gasteiger partial charge in [0.15, 0.2) is 6.17 Å². The zero-order valence-electron chi connectivity index (χ0n) is 19.9. The summed E-state index contributed by atoms with van der Waals surface area (Å²) < 4.78 is 20.8. The highest BCUT2D eigenvalue weighted by molar-refractivity contribution is 6.75. The van der Waals surface area contributed by atoms with Gasteiger partial charge in [-0.25, -0.2) is 4.39 Å². The van der Waals surface area contributed by atoms with Crippen molar-refractivity contribution in [3.8, 4) is 5.75 Å². The molecule has 0 amide bonds. The van der Waals surface area contributed by atoms with Crippen molar-refractivity contribution >= 4 is 14.4 Å². The summed E-state index contributed by atoms with van der Waals surface area (Å²) in [5.74, 6) is 0.944. The largest absolute Gasteiger partial charge is 0.543 e. The fraction of sp³-hybridized carbons (Fsp3) is 0.704. The second kappa shape index (κ2) is 13.3. The second-order valence-corrected chi connectivity index (χ2v) is 14.0. The highest BCUT2D eigenvalue weighted by Gasteiger charge is 2.39. The van der Waals surface area contributed by atoms with Gasteiger partial charge in [-0.3, -0.25) is 0 Å². The molecular formula is C27H44FOSi. The minimum absolute atomic E-state index is 0.587. The molecule has 0 aliphatic heterocycles. The van der Waals surface area contributed by atoms with Gasteiger partial charge in [-0.2, -0.15) is 0 Å². The summed E-state index contributed by atoms with van der Waals surface area (Å²) in [6.07, 6.45) is 18.1. The second-order valence-electron chi connectivity index (χ2n) is 9.47. The lowest BCUT2D eigenvalue weighted by atomic mass is 10.1. The molecule has 0 saturated carbocycles. The zero-order valence-corrected chi connectivity index (χ0v) is 20.9. The number of hydrogen-bond donors (Lipinski definition) is 0. The Morgan fingerprint density at radius 1 is 0.900 bits per heavy atom. The first-order chi connectivity index (χ1) is 14.5. The van der Waals surface area contributed by atoms with Gasteiger partial charge >= 0.3 is 0 Å². The van der Waals surface area contributed by atoms with Crippen LogP contribution in [0.1, 0.15) is 116 Å². The summed E-state index contributed by atoms with van der Waals surface area (Å²) in [7, 11) is -1.92. The van der Waals surface area contributed by atoms with Crippen LogP contribution < -0.4 is 4.43 Å². The third kappa shape index (κ3) is 7.55. The van der Waals surface area contributed by atoms with Gasteiger partial charge in [0.05, 0.1) is 0 Å². The van der Waals surface area contributed by atoms with E-state index in [4.69, 9.17) is 4.43 Å². The summed E-state index contributed by atoms with van der Waals surface area (Å²) in [6.45, 7) is 9.28. The maximum absolute atomic E-state index is 13.9. The summed E-state index contributed by atoms with van der Waals surface area (Å²) in [6, 6.07) is 8.42. The third-order valence-electron chi connectivity index (χ3n) is 6.75. The van der Waals surface area contributed by atoms with Crippen molar-refractivity contribution in [1.82, 2.24) is 0 Å². The summed E-state index contributed by atoms with van der Waals surface area (Å²) in [5, 5.41) is 0. The molecule has 0 aromatic heterocycles. The Hall–Kier alpha value is -1.09. The Balaban J connectivity index is 2.03. The van der Waals surface area contributed by atoms with Gasteiger partial charge in [0.2, 0.25) is 0 Å². The van der Waals surface area contributed by atoms with Crippen LogP contribution in [0.3, 0.4) is 0 Å². The van der Waals surface area contributed by atoms with Gasteiger partial charge in [0.25, 0.3) is 8.32 Å². The molecule has 0 saturated heterocycles. The van der Waals surface area contributed by atoms with Crippen LogP contribution in [0.5, 0.6) is 5.75 Å². The lowest BCUT2D eigenvalue weighted by molar-refractivity contribution is 0.410. The number of fused-ring (bicyclic) bond motifs is 1. The number of rotatable bonds is 16. The van der Waals surface area contributed by atoms with E-state index in [9.17, 15) is 4.39 Å². The molecule has 1 radical (unpaired) electrons. The molecule has 1 aliphatic carbocycles. The van der Waals surface area contributed by atoms with Crippen LogP contribution in [0.4, 0.5) is 4.39 Å². The van der Waals surface area contributed by atoms with Gasteiger partial charge < -0.3 is 4.43 Å². The van der Waals surface area contributed by atoms with Gasteiger partial charge in [-0.05, 0) is 53.0 Å². The van der Waals surface area contributed by atoms with Crippen LogP contribution in [0.25, 0.3) is 6.08 Å². The maximum atomic E-state index is 13.9. The molecule has 0 N–H and O–H groups in total. The van der Waals surface area contributed by atoms with Crippen LogP contribution in [0, 0.1) is 6.08 Å². The standard InChI is InChI=1S/C27H44FOSi/c1-5-7-9-11-12-13-15-21-30(23(3)4,20-14-10-8-6-2)29-25-17-18-26-24(22-25)16-19-27(26)28/h16-18,22-23,27H,5-15,20-21H2,1-4H3. The van der Waals surface area contributed by atoms with Crippen molar-refractivity contribution < 1.29 is 8.82 Å². The average Bonchev–Trinajstić information content (AvgIpc) is 3.10. The molecule has 1 aliphatic rings. The van der Waals surface area contributed by atoms with E-state index in [0.717, 1.165) is 16.9 Å². The van der Waals surface area contributed by atoms with Crippen LogP contribution in [-0.4, -0.2) is 8.32 Å². The van der Waals surface area contributed by atoms with E-state index < -0.39 is 14.5 Å². The van der Waals surface area contributed by atoms with E-state index in [1.54, 1.807) is 6.08 Å². The predicted molar refractivity (Wildman–Crippen MR) is 131 cm³/mol. The van der Waals surface area contributed by atoms with Crippen LogP contribution in [-0.2, 0) is 0 Å². The van der Waals surface area contributed by atoms with Crippen molar-refractivity contribution in [1.29, 1.82) is 0 Å². The van der Waals surface area contributed by atoms with E-state index in [-0.39, 0.29) is 0 Å². The van der Waals surface area contributed by atoms with E-state index in [1.165, 1.54) is 82.7 Å². The minimum Gasteiger partial charge on any atom is -0.543 e. The first kappa shape index (κ1) is 25.2. The average molecular weight is 432 g/mol. The molecule has 1 aromatic carbocycles. The molecule has 1 nitrogen and oxygen atoms in total. The fourth-order valence-corrected chi connectivity index (χ4v) is 8.75. The lowest BCUT2D eigenvalue weighted by Crippen LogP contribution is -2.44. The topological polar surface area (TPSA) is 9.23 Å². The highest BCUT2D eigenvalue weighted by atomic mass is 28.4. The molecule has 2 atom stereocenters. The zero-order chi connectivity index (χ0) is 21.8. The Morgan fingerprint density at radius 2 is 1.47 bits per heavy atom. The van der Waals surface area contributed by atoms with Crippen LogP contribution in [0.2, 0.25) is 17.6 Å². The molecule has 2 unspecified atom stereocenters. The summed E-state index contributed by atoms with van der Waals surface area (Å²) >= 11 is 0. The predicted octanol–water partition coefficient (Wildman–Crippen LogP) is 9.59. The van der Waals surface area contributed by atoms with Crippen molar-refractivity contribution in [3.05, 3.63) is 35.4 Å². The molecule has 30 heavy (non-hydrogen) atoms. The van der Waals surface area contributed by atoms with E-state index in [2.05, 4.69) is 33.8 Å². The number of benzene rings is 1. The molecule has 0 heterocycles. The summed E-state index contributed by atoms with van der Waals surface area (Å²) in [5.41, 5.74) is 2.26. The molecule has 169 valence electrons. The third-order valence-corrected chi connectivity index (χ3v) is 11.9. The van der Waals surface area contributed by atoms with Gasteiger partial charge in [-0.1, -0.05) is 104 Å². The monoisotopic (exact) mass is 431 g/mol. The van der Waals surface area contributed by atoms with Gasteiger partial charge in [-0.15, -0.1) is 0 Å². The Kier molecular flexibility index (Phi) is 11.2. The molecule has 0 spiro atoms. The number of hydrogen-bond acceptors (Lipinski definition) is 1. The summed E-state index contributed by atoms with van der Waals surface area (Å²) in [4.78, 5) is 0. The molecular weight excluding hydrogens is 387 g/mol. The van der Waals surface area contributed by atoms with Gasteiger partial charge in [0.1, 0.15) is 5.75 Å². The smallest absolute Gasteiger partial charge is 0.253 e. The minimum atomic E-state index is -1.92. The number of unbranched alkanes of at least 4 members (excludes halogenated alkanes) is 9. The molecule has 2 rings (SSSR count).